The molecule has 25 heavy (non-hydrogen) atoms. The van der Waals surface area contributed by atoms with Crippen molar-refractivity contribution in [3.05, 3.63) is 35.4 Å². The van der Waals surface area contributed by atoms with E-state index in [2.05, 4.69) is 5.32 Å². The van der Waals surface area contributed by atoms with Crippen LogP contribution in [-0.2, 0) is 16.0 Å². The van der Waals surface area contributed by atoms with E-state index >= 15 is 0 Å². The van der Waals surface area contributed by atoms with Crippen molar-refractivity contribution in [1.82, 2.24) is 10.2 Å². The third-order valence-electron chi connectivity index (χ3n) is 4.11. The monoisotopic (exact) mass is 346 g/mol. The zero-order valence-corrected chi connectivity index (χ0v) is 15.6. The van der Waals surface area contributed by atoms with E-state index < -0.39 is 6.04 Å². The van der Waals surface area contributed by atoms with E-state index in [0.29, 0.717) is 18.3 Å². The van der Waals surface area contributed by atoms with Crippen LogP contribution >= 0.6 is 0 Å². The summed E-state index contributed by atoms with van der Waals surface area (Å²) in [6.45, 7) is 1.65. The molecule has 1 rings (SSSR count). The predicted octanol–water partition coefficient (Wildman–Crippen LogP) is 2.98. The molecule has 1 aromatic rings. The quantitative estimate of drug-likeness (QED) is 0.495. The molecule has 0 saturated heterocycles. The van der Waals surface area contributed by atoms with Gasteiger partial charge in [-0.1, -0.05) is 31.4 Å². The molecule has 0 unspecified atom stereocenters. The summed E-state index contributed by atoms with van der Waals surface area (Å²) in [4.78, 5) is 35.7. The highest BCUT2D eigenvalue weighted by molar-refractivity contribution is 5.95. The van der Waals surface area contributed by atoms with Gasteiger partial charge in [0, 0.05) is 26.1 Å². The molecule has 1 atom stereocenters. The number of benzene rings is 1. The minimum Gasteiger partial charge on any atom is -0.349 e. The molecule has 0 aliphatic rings. The molecular formula is C20H30N2O3. The first-order chi connectivity index (χ1) is 11.9. The lowest BCUT2D eigenvalue weighted by Gasteiger charge is -2.10. The van der Waals surface area contributed by atoms with E-state index in [1.54, 1.807) is 32.0 Å². The number of nitrogens with zero attached hydrogens (tertiary/aromatic N) is 1. The second-order valence-corrected chi connectivity index (χ2v) is 6.65. The second-order valence-electron chi connectivity index (χ2n) is 6.65. The molecule has 0 spiro atoms. The summed E-state index contributed by atoms with van der Waals surface area (Å²) in [6.07, 6.45) is 7.61. The van der Waals surface area contributed by atoms with Crippen molar-refractivity contribution in [2.24, 2.45) is 0 Å². The van der Waals surface area contributed by atoms with Crippen molar-refractivity contribution in [2.45, 2.75) is 57.9 Å². The van der Waals surface area contributed by atoms with E-state index in [1.165, 1.54) is 0 Å². The van der Waals surface area contributed by atoms with Crippen molar-refractivity contribution in [2.75, 3.05) is 14.1 Å². The molecule has 5 heteroatoms. The van der Waals surface area contributed by atoms with E-state index in [4.69, 9.17) is 0 Å². The zero-order valence-electron chi connectivity index (χ0n) is 15.6. The van der Waals surface area contributed by atoms with Crippen LogP contribution in [0.2, 0.25) is 0 Å². The standard InChI is InChI=1S/C20H30N2O3/c1-16(15-23)21-20(25)18-12-9-11-17(14-18)10-7-5-4-6-8-13-19(24)22(2)3/h9,11-12,14-16H,4-8,10,13H2,1-3H3,(H,21,25)/t16-/m1/s1. The van der Waals surface area contributed by atoms with Crippen LogP contribution in [0, 0.1) is 0 Å². The molecule has 0 saturated carbocycles. The first-order valence-corrected chi connectivity index (χ1v) is 8.99. The Bertz CT molecular complexity index is 570. The van der Waals surface area contributed by atoms with Crippen LogP contribution in [-0.4, -0.2) is 43.1 Å². The minimum atomic E-state index is -0.476. The van der Waals surface area contributed by atoms with Gasteiger partial charge < -0.3 is 15.0 Å². The van der Waals surface area contributed by atoms with Crippen molar-refractivity contribution in [3.63, 3.8) is 0 Å². The Hall–Kier alpha value is -2.17. The molecule has 138 valence electrons. The van der Waals surface area contributed by atoms with Gasteiger partial charge in [0.1, 0.15) is 6.29 Å². The van der Waals surface area contributed by atoms with E-state index in [9.17, 15) is 14.4 Å². The van der Waals surface area contributed by atoms with Crippen LogP contribution in [0.5, 0.6) is 0 Å². The molecule has 0 aromatic heterocycles. The Kier molecular flexibility index (Phi) is 9.51. The van der Waals surface area contributed by atoms with Crippen molar-refractivity contribution in [1.29, 1.82) is 0 Å². The van der Waals surface area contributed by atoms with Gasteiger partial charge in [0.05, 0.1) is 6.04 Å². The molecule has 0 aliphatic carbocycles. The third kappa shape index (κ3) is 8.47. The summed E-state index contributed by atoms with van der Waals surface area (Å²) >= 11 is 0. The van der Waals surface area contributed by atoms with E-state index in [-0.39, 0.29) is 11.8 Å². The maximum Gasteiger partial charge on any atom is 0.251 e. The smallest absolute Gasteiger partial charge is 0.251 e. The SMILES string of the molecule is C[C@H](C=O)NC(=O)c1cccc(CCCCCCCC(=O)N(C)C)c1. The van der Waals surface area contributed by atoms with Gasteiger partial charge in [-0.25, -0.2) is 0 Å². The summed E-state index contributed by atoms with van der Waals surface area (Å²) in [5.41, 5.74) is 1.72. The fourth-order valence-electron chi connectivity index (χ4n) is 2.55. The van der Waals surface area contributed by atoms with Crippen LogP contribution < -0.4 is 5.32 Å². The Balaban J connectivity index is 2.27. The van der Waals surface area contributed by atoms with Gasteiger partial charge in [-0.2, -0.15) is 0 Å². The number of carbonyl (C=O) groups is 3. The zero-order chi connectivity index (χ0) is 18.7. The van der Waals surface area contributed by atoms with Crippen molar-refractivity contribution in [3.8, 4) is 0 Å². The summed E-state index contributed by atoms with van der Waals surface area (Å²) in [6, 6.07) is 7.08. The average Bonchev–Trinajstić information content (AvgIpc) is 2.60. The number of aryl methyl sites for hydroxylation is 1. The molecular weight excluding hydrogens is 316 g/mol. The van der Waals surface area contributed by atoms with Crippen molar-refractivity contribution < 1.29 is 14.4 Å². The number of amides is 2. The molecule has 0 radical (unpaired) electrons. The number of rotatable bonds is 11. The number of carbonyl (C=O) groups excluding carboxylic acids is 3. The van der Waals surface area contributed by atoms with Crippen LogP contribution in [0.15, 0.2) is 24.3 Å². The third-order valence-corrected chi connectivity index (χ3v) is 4.11. The molecule has 2 amide bonds. The minimum absolute atomic E-state index is 0.194. The molecule has 5 nitrogen and oxygen atoms in total. The number of nitrogens with one attached hydrogen (secondary N) is 1. The Labute approximate surface area is 150 Å². The van der Waals surface area contributed by atoms with Crippen LogP contribution in [0.3, 0.4) is 0 Å². The fourth-order valence-corrected chi connectivity index (χ4v) is 2.55. The molecule has 1 aromatic carbocycles. The van der Waals surface area contributed by atoms with Gasteiger partial charge in [0.15, 0.2) is 0 Å². The lowest BCUT2D eigenvalue weighted by atomic mass is 10.0. The van der Waals surface area contributed by atoms with Gasteiger partial charge in [0.25, 0.3) is 5.91 Å². The molecule has 0 aliphatic heterocycles. The number of hydrogen-bond donors (Lipinski definition) is 1. The summed E-state index contributed by atoms with van der Waals surface area (Å²) in [5, 5.41) is 2.64. The van der Waals surface area contributed by atoms with Gasteiger partial charge in [0.2, 0.25) is 5.91 Å². The van der Waals surface area contributed by atoms with Gasteiger partial charge in [-0.05, 0) is 43.9 Å². The second kappa shape index (κ2) is 11.4. The summed E-state index contributed by atoms with van der Waals surface area (Å²) in [5.74, 6) is -0.0222. The molecule has 0 heterocycles. The number of hydrogen-bond acceptors (Lipinski definition) is 3. The summed E-state index contributed by atoms with van der Waals surface area (Å²) in [7, 11) is 3.58. The summed E-state index contributed by atoms with van der Waals surface area (Å²) < 4.78 is 0. The average molecular weight is 346 g/mol. The lowest BCUT2D eigenvalue weighted by Crippen LogP contribution is -2.33. The van der Waals surface area contributed by atoms with Crippen LogP contribution in [0.4, 0.5) is 0 Å². The molecule has 0 fully saturated rings. The fraction of sp³-hybridized carbons (Fsp3) is 0.550. The maximum atomic E-state index is 12.0. The van der Waals surface area contributed by atoms with Gasteiger partial charge in [-0.3, -0.25) is 9.59 Å². The Morgan fingerprint density at radius 1 is 1.12 bits per heavy atom. The lowest BCUT2D eigenvalue weighted by molar-refractivity contribution is -0.128. The normalized spacial score (nSPS) is 11.6. The highest BCUT2D eigenvalue weighted by atomic mass is 16.2. The maximum absolute atomic E-state index is 12.0. The van der Waals surface area contributed by atoms with E-state index in [1.807, 2.05) is 18.2 Å². The van der Waals surface area contributed by atoms with Crippen LogP contribution in [0.25, 0.3) is 0 Å². The van der Waals surface area contributed by atoms with Gasteiger partial charge >= 0.3 is 0 Å². The van der Waals surface area contributed by atoms with Crippen molar-refractivity contribution >= 4 is 18.1 Å². The first-order valence-electron chi connectivity index (χ1n) is 8.99. The topological polar surface area (TPSA) is 66.5 Å². The Morgan fingerprint density at radius 2 is 1.80 bits per heavy atom. The van der Waals surface area contributed by atoms with Crippen LogP contribution in [0.1, 0.15) is 61.4 Å². The molecule has 0 bridgehead atoms. The van der Waals surface area contributed by atoms with E-state index in [0.717, 1.165) is 44.1 Å². The van der Waals surface area contributed by atoms with Gasteiger partial charge in [-0.15, -0.1) is 0 Å². The first kappa shape index (κ1) is 20.9. The molecule has 1 N–H and O–H groups in total. The predicted molar refractivity (Wildman–Crippen MR) is 99.5 cm³/mol. The highest BCUT2D eigenvalue weighted by Gasteiger charge is 2.09. The highest BCUT2D eigenvalue weighted by Crippen LogP contribution is 2.12. The largest absolute Gasteiger partial charge is 0.349 e. The Morgan fingerprint density at radius 3 is 2.48 bits per heavy atom. The number of aldehydes is 1. The number of unbranched alkanes of at least 4 members (excludes halogenated alkanes) is 4.